The smallest absolute Gasteiger partial charge is 0.275 e. The molecule has 0 radical (unpaired) electrons. The van der Waals surface area contributed by atoms with E-state index in [1.165, 1.54) is 14.2 Å². The summed E-state index contributed by atoms with van der Waals surface area (Å²) in [4.78, 5) is 0. The zero-order valence-corrected chi connectivity index (χ0v) is 45.0. The quantitative estimate of drug-likeness (QED) is 0.198. The van der Waals surface area contributed by atoms with E-state index in [9.17, 15) is 0 Å². The fourth-order valence-corrected chi connectivity index (χ4v) is 4.96. The Kier molecular flexibility index (Phi) is 52.1. The summed E-state index contributed by atoms with van der Waals surface area (Å²) in [7, 11) is 6.22. The summed E-state index contributed by atoms with van der Waals surface area (Å²) >= 11 is 0. The maximum absolute atomic E-state index is 5.27. The van der Waals surface area contributed by atoms with Crippen LogP contribution in [-0.2, 0) is 128 Å². The Morgan fingerprint density at radius 1 is 0.297 bits per heavy atom. The summed E-state index contributed by atoms with van der Waals surface area (Å²) in [6.45, 7) is 22.8. The van der Waals surface area contributed by atoms with Gasteiger partial charge in [0.25, 0.3) is 58.3 Å². The largest absolute Gasteiger partial charge is 0.333 e. The second-order valence-corrected chi connectivity index (χ2v) is 14.8. The van der Waals surface area contributed by atoms with Gasteiger partial charge in [0.05, 0.1) is 64.1 Å². The molecule has 0 aromatic rings. The summed E-state index contributed by atoms with van der Waals surface area (Å²) in [5, 5.41) is 0. The van der Waals surface area contributed by atoms with Crippen molar-refractivity contribution in [3.05, 3.63) is 0 Å². The molecule has 0 spiro atoms. The number of methoxy groups -OCH3 is 4. The average molecular weight is 1100 g/mol. The Bertz CT molecular complexity index is 1040. The molecular formula is C47H98O27. The molecule has 9 rings (SSSR count). The highest BCUT2D eigenvalue weighted by molar-refractivity contribution is 4.65. The lowest BCUT2D eigenvalue weighted by atomic mass is 10.3. The third-order valence-corrected chi connectivity index (χ3v) is 8.94. The molecule has 0 N–H and O–H groups in total. The summed E-state index contributed by atoms with van der Waals surface area (Å²) in [6.07, 6.45) is 4.94. The van der Waals surface area contributed by atoms with Crippen molar-refractivity contribution in [3.63, 3.8) is 0 Å². The van der Waals surface area contributed by atoms with Crippen LogP contribution in [0.25, 0.3) is 0 Å². The van der Waals surface area contributed by atoms with Gasteiger partial charge in [-0.25, -0.2) is 0 Å². The fourth-order valence-electron chi connectivity index (χ4n) is 4.96. The molecule has 9 heterocycles. The van der Waals surface area contributed by atoms with Gasteiger partial charge in [0, 0.05) is 61.5 Å². The van der Waals surface area contributed by atoms with Crippen molar-refractivity contribution in [2.75, 3.05) is 128 Å². The van der Waals surface area contributed by atoms with E-state index in [1.807, 2.05) is 62.3 Å². The van der Waals surface area contributed by atoms with Crippen molar-refractivity contribution in [1.29, 1.82) is 0 Å². The second-order valence-electron chi connectivity index (χ2n) is 14.8. The molecule has 9 aliphatic heterocycles. The van der Waals surface area contributed by atoms with Gasteiger partial charge in [-0.15, -0.1) is 0 Å². The van der Waals surface area contributed by atoms with E-state index in [0.29, 0.717) is 73.4 Å². The molecule has 27 nitrogen and oxygen atoms in total. The van der Waals surface area contributed by atoms with Crippen LogP contribution in [0.3, 0.4) is 0 Å². The van der Waals surface area contributed by atoms with Crippen molar-refractivity contribution >= 4 is 0 Å². The lowest BCUT2D eigenvalue weighted by Gasteiger charge is -2.25. The molecule has 9 aliphatic rings. The molecule has 6 unspecified atom stereocenters. The fraction of sp³-hybridized carbons (Fsp3) is 1.00. The van der Waals surface area contributed by atoms with E-state index >= 15 is 0 Å². The second kappa shape index (κ2) is 51.4. The topological polar surface area (TPSA) is 249 Å². The molecule has 9 saturated heterocycles. The van der Waals surface area contributed by atoms with Crippen LogP contribution in [0.4, 0.5) is 0 Å². The molecular weight excluding hydrogens is 996 g/mol. The van der Waals surface area contributed by atoms with Crippen LogP contribution in [0.15, 0.2) is 0 Å². The zero-order chi connectivity index (χ0) is 53.0. The molecule has 0 saturated carbocycles. The highest BCUT2D eigenvalue weighted by Gasteiger charge is 2.30. The first-order valence-corrected chi connectivity index (χ1v) is 24.4. The summed E-state index contributed by atoms with van der Waals surface area (Å²) in [5.74, 6) is 0. The van der Waals surface area contributed by atoms with Gasteiger partial charge in [-0.05, 0) is 88.0 Å². The molecule has 0 amide bonds. The summed E-state index contributed by atoms with van der Waals surface area (Å²) in [6, 6.07) is 0. The van der Waals surface area contributed by atoms with E-state index < -0.39 is 32.4 Å². The number of rotatable bonds is 14. The van der Waals surface area contributed by atoms with Crippen LogP contribution in [-0.4, -0.2) is 211 Å². The van der Waals surface area contributed by atoms with Crippen LogP contribution in [0.2, 0.25) is 0 Å². The first kappa shape index (κ1) is 75.0. The van der Waals surface area contributed by atoms with E-state index in [1.54, 1.807) is 14.2 Å². The Morgan fingerprint density at radius 3 is 0.716 bits per heavy atom. The van der Waals surface area contributed by atoms with E-state index in [4.69, 9.17) is 99.5 Å². The molecule has 27 heteroatoms. The molecule has 0 aromatic heterocycles. The van der Waals surface area contributed by atoms with Crippen LogP contribution in [0, 0.1) is 0 Å². The van der Waals surface area contributed by atoms with Crippen LogP contribution in [0.5, 0.6) is 0 Å². The van der Waals surface area contributed by atoms with Crippen molar-refractivity contribution in [3.8, 4) is 0 Å². The third kappa shape index (κ3) is 39.3. The zero-order valence-electron chi connectivity index (χ0n) is 45.0. The molecule has 6 atom stereocenters. The van der Waals surface area contributed by atoms with E-state index in [2.05, 4.69) is 28.4 Å². The standard InChI is InChI=1S/C7H14O3.4C6H12O3.2C4H8O3.2C3H6O3.2CH4/c1-4-8-7-9-5(2)6(3)10-7;2*1-7-6-8-4-2-3-5-9-6;2*1-3-7-6-8-4-5(2)9-6;2*1-2-5-4-6-3-7-4;2*1-4-3-5-2-6-3;;/h5-7H,4H2,1-3H3;2*6H,2-5H2,1H3;2*5-6H,3-4H2,1-2H3;2*4H,2-3H2,1H3;2*3H,2H2,1H3;2*1H4. The predicted molar refractivity (Wildman–Crippen MR) is 258 cm³/mol. The highest BCUT2D eigenvalue weighted by Crippen LogP contribution is 2.19. The van der Waals surface area contributed by atoms with Gasteiger partial charge in [-0.1, -0.05) is 14.9 Å². The van der Waals surface area contributed by atoms with Gasteiger partial charge in [0.1, 0.15) is 0 Å². The van der Waals surface area contributed by atoms with Crippen molar-refractivity contribution in [2.24, 2.45) is 0 Å². The Morgan fingerprint density at radius 2 is 0.541 bits per heavy atom. The maximum Gasteiger partial charge on any atom is 0.275 e. The van der Waals surface area contributed by atoms with Crippen molar-refractivity contribution in [1.82, 2.24) is 0 Å². The van der Waals surface area contributed by atoms with Gasteiger partial charge < -0.3 is 128 Å². The van der Waals surface area contributed by atoms with Crippen LogP contribution < -0.4 is 0 Å². The van der Waals surface area contributed by atoms with Crippen LogP contribution in [0.1, 0.15) is 103 Å². The normalized spacial score (nSPS) is 27.8. The highest BCUT2D eigenvalue weighted by atomic mass is 17.0. The van der Waals surface area contributed by atoms with E-state index in [-0.39, 0.29) is 65.2 Å². The number of hydrogen-bond acceptors (Lipinski definition) is 27. The first-order valence-electron chi connectivity index (χ1n) is 24.4. The van der Waals surface area contributed by atoms with Gasteiger partial charge in [-0.2, -0.15) is 0 Å². The van der Waals surface area contributed by atoms with Gasteiger partial charge >= 0.3 is 0 Å². The Labute approximate surface area is 441 Å². The molecule has 448 valence electrons. The summed E-state index contributed by atoms with van der Waals surface area (Å²) < 4.78 is 132. The van der Waals surface area contributed by atoms with Crippen LogP contribution >= 0.6 is 0 Å². The van der Waals surface area contributed by atoms with Gasteiger partial charge in [0.15, 0.2) is 27.2 Å². The molecule has 0 aliphatic carbocycles. The average Bonchev–Trinajstić information content (AvgIpc) is 3.84. The number of ether oxygens (including phenoxy) is 27. The Hall–Kier alpha value is -1.08. The lowest BCUT2D eigenvalue weighted by Crippen LogP contribution is -2.32. The van der Waals surface area contributed by atoms with E-state index in [0.717, 1.165) is 52.1 Å². The van der Waals surface area contributed by atoms with Gasteiger partial charge in [-0.3, -0.25) is 0 Å². The SMILES string of the molecule is C.C.CCOC1OC(C)C(C)O1.CCOC1OCC(C)O1.CCOC1OCC(C)O1.CCOC1OCO1.CCOC1OCO1.COC1OCCCCO1.COC1OCCCCO1.COC1OCO1.COC1OCO1. The minimum absolute atomic E-state index is 0. The molecule has 0 bridgehead atoms. The lowest BCUT2D eigenvalue weighted by molar-refractivity contribution is -0.420. The predicted octanol–water partition coefficient (Wildman–Crippen LogP) is 5.84. The summed E-state index contributed by atoms with van der Waals surface area (Å²) in [5.41, 5.74) is 0. The minimum Gasteiger partial charge on any atom is -0.333 e. The minimum atomic E-state index is -0.435. The van der Waals surface area contributed by atoms with Gasteiger partial charge in [0.2, 0.25) is 0 Å². The monoisotopic (exact) mass is 1090 g/mol. The third-order valence-electron chi connectivity index (χ3n) is 8.94. The number of hydrogen-bond donors (Lipinski definition) is 0. The maximum atomic E-state index is 5.27. The Balaban J connectivity index is 0. The van der Waals surface area contributed by atoms with Crippen molar-refractivity contribution < 1.29 is 128 Å². The first-order chi connectivity index (χ1) is 35.0. The molecule has 9 fully saturated rings. The molecule has 74 heavy (non-hydrogen) atoms. The van der Waals surface area contributed by atoms with Crippen molar-refractivity contribution in [2.45, 2.75) is 186 Å². The molecule has 0 aromatic carbocycles.